The van der Waals surface area contributed by atoms with Gasteiger partial charge in [0.25, 0.3) is 0 Å². The van der Waals surface area contributed by atoms with Crippen LogP contribution in [0.25, 0.3) is 6.08 Å². The summed E-state index contributed by atoms with van der Waals surface area (Å²) in [6.45, 7) is 1.81. The molecular weight excluding hydrogens is 202 g/mol. The van der Waals surface area contributed by atoms with E-state index in [4.69, 9.17) is 0 Å². The third-order valence-corrected chi connectivity index (χ3v) is 2.30. The highest BCUT2D eigenvalue weighted by molar-refractivity contribution is 6.04. The van der Waals surface area contributed by atoms with Gasteiger partial charge in [0.15, 0.2) is 5.78 Å². The summed E-state index contributed by atoms with van der Waals surface area (Å²) in [6.07, 6.45) is 4.97. The second-order valence-electron chi connectivity index (χ2n) is 3.25. The molecule has 1 rings (SSSR count). The highest BCUT2D eigenvalue weighted by Crippen LogP contribution is 2.22. The number of rotatable bonds is 5. The van der Waals surface area contributed by atoms with E-state index >= 15 is 0 Å². The minimum atomic E-state index is 0.0514. The monoisotopic (exact) mass is 216 g/mol. The summed E-state index contributed by atoms with van der Waals surface area (Å²) in [5, 5.41) is 2.97. The first kappa shape index (κ1) is 12.2. The summed E-state index contributed by atoms with van der Waals surface area (Å²) in [7, 11) is 1.76. The number of benzene rings is 1. The average molecular weight is 216 g/mol. The van der Waals surface area contributed by atoms with Gasteiger partial charge < -0.3 is 5.32 Å². The predicted octanol–water partition coefficient (Wildman–Crippen LogP) is 2.44. The molecule has 1 aromatic rings. The van der Waals surface area contributed by atoms with Gasteiger partial charge in [0, 0.05) is 24.7 Å². The lowest BCUT2D eigenvalue weighted by Crippen LogP contribution is -2.05. The van der Waals surface area contributed by atoms with Gasteiger partial charge >= 0.3 is 0 Å². The predicted molar refractivity (Wildman–Crippen MR) is 65.3 cm³/mol. The van der Waals surface area contributed by atoms with Crippen LogP contribution in [0.2, 0.25) is 0 Å². The lowest BCUT2D eigenvalue weighted by Gasteiger charge is -2.10. The Labute approximate surface area is 95.2 Å². The van der Waals surface area contributed by atoms with Crippen molar-refractivity contribution < 1.29 is 9.59 Å². The third kappa shape index (κ3) is 2.57. The molecule has 0 unspecified atom stereocenters. The Balaban J connectivity index is 3.30. The van der Waals surface area contributed by atoms with Crippen LogP contribution >= 0.6 is 0 Å². The smallest absolute Gasteiger partial charge is 0.225 e. The van der Waals surface area contributed by atoms with E-state index in [0.29, 0.717) is 12.0 Å². The maximum atomic E-state index is 11.8. The molecule has 0 aliphatic carbocycles. The summed E-state index contributed by atoms with van der Waals surface area (Å²) in [5.41, 5.74) is 2.14. The zero-order valence-electron chi connectivity index (χ0n) is 9.41. The van der Waals surface area contributed by atoms with E-state index in [1.165, 1.54) is 6.08 Å². The van der Waals surface area contributed by atoms with Crippen LogP contribution in [0.4, 0.5) is 5.69 Å². The first-order valence-electron chi connectivity index (χ1n) is 5.12. The third-order valence-electron chi connectivity index (χ3n) is 2.30. The first-order valence-corrected chi connectivity index (χ1v) is 5.12. The Bertz CT molecular complexity index is 422. The zero-order chi connectivity index (χ0) is 12.0. The molecule has 1 radical (unpaired) electrons. The molecule has 0 saturated heterocycles. The number of hydrogen-bond acceptors (Lipinski definition) is 3. The summed E-state index contributed by atoms with van der Waals surface area (Å²) in [5.74, 6) is 0.0514. The van der Waals surface area contributed by atoms with Crippen LogP contribution in [0.1, 0.15) is 29.3 Å². The molecule has 1 N–H and O–H groups in total. The summed E-state index contributed by atoms with van der Waals surface area (Å²) < 4.78 is 0. The Morgan fingerprint density at radius 2 is 2.25 bits per heavy atom. The average Bonchev–Trinajstić information content (AvgIpc) is 2.34. The molecule has 3 nitrogen and oxygen atoms in total. The van der Waals surface area contributed by atoms with E-state index in [2.05, 4.69) is 5.32 Å². The van der Waals surface area contributed by atoms with Crippen molar-refractivity contribution in [2.75, 3.05) is 12.4 Å². The largest absolute Gasteiger partial charge is 0.388 e. The fourth-order valence-corrected chi connectivity index (χ4v) is 1.53. The van der Waals surface area contributed by atoms with Crippen molar-refractivity contribution in [2.45, 2.75) is 13.3 Å². The van der Waals surface area contributed by atoms with E-state index in [0.717, 1.165) is 11.3 Å². The standard InChI is InChI=1S/C13H14NO2/c1-3-12(16)13-10(7-5-9-15)6-4-8-11(13)14-2/h4-8,14H,3H2,1-2H3/b7-5+. The van der Waals surface area contributed by atoms with Crippen LogP contribution < -0.4 is 5.32 Å². The Morgan fingerprint density at radius 1 is 1.50 bits per heavy atom. The molecule has 83 valence electrons. The van der Waals surface area contributed by atoms with Crippen molar-refractivity contribution in [2.24, 2.45) is 0 Å². The minimum Gasteiger partial charge on any atom is -0.388 e. The molecule has 0 amide bonds. The summed E-state index contributed by atoms with van der Waals surface area (Å²) >= 11 is 0. The highest BCUT2D eigenvalue weighted by Gasteiger charge is 2.12. The van der Waals surface area contributed by atoms with E-state index in [1.54, 1.807) is 25.5 Å². The van der Waals surface area contributed by atoms with E-state index in [-0.39, 0.29) is 5.78 Å². The molecule has 0 aliphatic rings. The number of ketones is 1. The van der Waals surface area contributed by atoms with Crippen molar-refractivity contribution in [1.82, 2.24) is 0 Å². The highest BCUT2D eigenvalue weighted by atomic mass is 16.1. The number of allylic oxidation sites excluding steroid dienone is 1. The molecule has 0 spiro atoms. The minimum absolute atomic E-state index is 0.0514. The number of carbonyl (C=O) groups is 1. The van der Waals surface area contributed by atoms with Crippen molar-refractivity contribution in [3.05, 3.63) is 35.4 Å². The Kier molecular flexibility index (Phi) is 4.45. The normalized spacial score (nSPS) is 10.4. The molecule has 3 heteroatoms. The van der Waals surface area contributed by atoms with Crippen molar-refractivity contribution in [1.29, 1.82) is 0 Å². The number of carbonyl (C=O) groups excluding carboxylic acids is 2. The van der Waals surface area contributed by atoms with Gasteiger partial charge in [-0.3, -0.25) is 9.59 Å². The maximum absolute atomic E-state index is 11.8. The molecular formula is C13H14NO2. The Hall–Kier alpha value is -1.90. The van der Waals surface area contributed by atoms with Crippen molar-refractivity contribution >= 4 is 23.8 Å². The molecule has 0 heterocycles. The van der Waals surface area contributed by atoms with Gasteiger partial charge in [0.2, 0.25) is 6.29 Å². The van der Waals surface area contributed by atoms with Crippen LogP contribution in [0, 0.1) is 0 Å². The van der Waals surface area contributed by atoms with Gasteiger partial charge in [-0.2, -0.15) is 0 Å². The van der Waals surface area contributed by atoms with Crippen LogP contribution in [-0.2, 0) is 4.79 Å². The first-order chi connectivity index (χ1) is 7.74. The quantitative estimate of drug-likeness (QED) is 0.607. The van der Waals surface area contributed by atoms with Crippen LogP contribution in [0.15, 0.2) is 24.3 Å². The molecule has 16 heavy (non-hydrogen) atoms. The molecule has 0 fully saturated rings. The van der Waals surface area contributed by atoms with Gasteiger partial charge in [0.1, 0.15) is 0 Å². The molecule has 0 aliphatic heterocycles. The number of anilines is 1. The van der Waals surface area contributed by atoms with Crippen LogP contribution in [-0.4, -0.2) is 19.1 Å². The van der Waals surface area contributed by atoms with Crippen molar-refractivity contribution in [3.8, 4) is 0 Å². The van der Waals surface area contributed by atoms with Gasteiger partial charge in [-0.25, -0.2) is 0 Å². The lowest BCUT2D eigenvalue weighted by atomic mass is 9.99. The van der Waals surface area contributed by atoms with E-state index < -0.39 is 0 Å². The van der Waals surface area contributed by atoms with Gasteiger partial charge in [-0.15, -0.1) is 0 Å². The SMILES string of the molecule is CCC(=O)c1c(/C=C/[C]=O)cccc1NC. The Morgan fingerprint density at radius 3 is 2.81 bits per heavy atom. The zero-order valence-corrected chi connectivity index (χ0v) is 9.41. The van der Waals surface area contributed by atoms with E-state index in [9.17, 15) is 9.59 Å². The van der Waals surface area contributed by atoms with Crippen LogP contribution in [0.5, 0.6) is 0 Å². The van der Waals surface area contributed by atoms with E-state index in [1.807, 2.05) is 19.1 Å². The molecule has 1 aromatic carbocycles. The number of Topliss-reactive ketones (excluding diaryl/α,β-unsaturated/α-hetero) is 1. The maximum Gasteiger partial charge on any atom is 0.225 e. The molecule has 0 bridgehead atoms. The number of hydrogen-bond donors (Lipinski definition) is 1. The second-order valence-corrected chi connectivity index (χ2v) is 3.25. The lowest BCUT2D eigenvalue weighted by molar-refractivity contribution is 0.0989. The molecule has 0 aromatic heterocycles. The fourth-order valence-electron chi connectivity index (χ4n) is 1.53. The van der Waals surface area contributed by atoms with Gasteiger partial charge in [-0.1, -0.05) is 25.1 Å². The molecule has 0 saturated carbocycles. The van der Waals surface area contributed by atoms with Crippen LogP contribution in [0.3, 0.4) is 0 Å². The fraction of sp³-hybridized carbons (Fsp3) is 0.231. The topological polar surface area (TPSA) is 46.2 Å². The molecule has 0 atom stereocenters. The van der Waals surface area contributed by atoms with Crippen molar-refractivity contribution in [3.63, 3.8) is 0 Å². The summed E-state index contributed by atoms with van der Waals surface area (Å²) in [4.78, 5) is 22.0. The van der Waals surface area contributed by atoms with Gasteiger partial charge in [-0.05, 0) is 17.7 Å². The van der Waals surface area contributed by atoms with Gasteiger partial charge in [0.05, 0.1) is 0 Å². The second kappa shape index (κ2) is 5.85. The number of nitrogens with one attached hydrogen (secondary N) is 1. The summed E-state index contributed by atoms with van der Waals surface area (Å²) in [6, 6.07) is 5.48.